The molecule has 40 heavy (non-hydrogen) atoms. The number of ether oxygens (including phenoxy) is 3. The molecule has 2 aromatic rings. The second-order valence-electron chi connectivity index (χ2n) is 10.7. The van der Waals surface area contributed by atoms with Crippen LogP contribution in [0.15, 0.2) is 48.5 Å². The molecule has 2 aromatic carbocycles. The Hall–Kier alpha value is -2.49. The molecule has 0 radical (unpaired) electrons. The van der Waals surface area contributed by atoms with Crippen molar-refractivity contribution in [3.05, 3.63) is 59.7 Å². The molecule has 1 unspecified atom stereocenters. The van der Waals surface area contributed by atoms with E-state index in [9.17, 15) is 13.2 Å². The Bertz CT molecular complexity index is 1190. The van der Waals surface area contributed by atoms with Gasteiger partial charge < -0.3 is 14.2 Å². The highest BCUT2D eigenvalue weighted by Gasteiger charge is 2.24. The second-order valence-corrected chi connectivity index (χ2v) is 13.7. The minimum absolute atomic E-state index is 0.0157. The van der Waals surface area contributed by atoms with E-state index in [0.29, 0.717) is 17.9 Å². The number of hydrogen-bond donors (Lipinski definition) is 1. The molecule has 0 aliphatic heterocycles. The van der Waals surface area contributed by atoms with Gasteiger partial charge in [-0.05, 0) is 53.8 Å². The second kappa shape index (κ2) is 16.7. The van der Waals surface area contributed by atoms with Gasteiger partial charge in [-0.1, -0.05) is 89.8 Å². The highest BCUT2D eigenvalue weighted by Crippen LogP contribution is 2.34. The maximum atomic E-state index is 12.9. The summed E-state index contributed by atoms with van der Waals surface area (Å²) in [6.07, 6.45) is 9.01. The molecule has 0 heterocycles. The molecule has 0 aliphatic rings. The predicted molar refractivity (Wildman–Crippen MR) is 166 cm³/mol. The Labute approximate surface area is 245 Å². The highest BCUT2D eigenvalue weighted by atomic mass is 32.2. The molecular formula is C31H45NO6S2. The van der Waals surface area contributed by atoms with E-state index in [-0.39, 0.29) is 22.9 Å². The molecule has 0 saturated carbocycles. The third-order valence-electron chi connectivity index (χ3n) is 6.25. The van der Waals surface area contributed by atoms with Crippen LogP contribution in [-0.2, 0) is 20.2 Å². The SMILES string of the molecule is CCCCCCCCS(=O)(=O)NC(COc1ccc(OC)cc1C(C)(C)C)SC(=O)/C=C/c1ccc(OC)cc1. The number of carbonyl (C=O) groups is 1. The summed E-state index contributed by atoms with van der Waals surface area (Å²) in [7, 11) is -0.404. The van der Waals surface area contributed by atoms with E-state index in [4.69, 9.17) is 14.2 Å². The summed E-state index contributed by atoms with van der Waals surface area (Å²) in [5.41, 5.74) is 1.52. The first-order chi connectivity index (χ1) is 19.0. The van der Waals surface area contributed by atoms with Crippen LogP contribution in [0.25, 0.3) is 6.08 Å². The minimum atomic E-state index is -3.61. The van der Waals surface area contributed by atoms with Gasteiger partial charge in [0.1, 0.15) is 29.2 Å². The quantitative estimate of drug-likeness (QED) is 0.121. The molecule has 2 rings (SSSR count). The molecule has 0 aromatic heterocycles. The molecule has 0 saturated heterocycles. The number of rotatable bonds is 17. The van der Waals surface area contributed by atoms with E-state index in [0.717, 1.165) is 60.7 Å². The topological polar surface area (TPSA) is 90.9 Å². The van der Waals surface area contributed by atoms with Gasteiger partial charge in [0.2, 0.25) is 15.1 Å². The first kappa shape index (κ1) is 33.7. The maximum Gasteiger partial charge on any atom is 0.213 e. The molecule has 7 nitrogen and oxygen atoms in total. The van der Waals surface area contributed by atoms with Crippen molar-refractivity contribution in [2.24, 2.45) is 0 Å². The number of benzene rings is 2. The van der Waals surface area contributed by atoms with Gasteiger partial charge in [-0.15, -0.1) is 0 Å². The zero-order valence-corrected chi connectivity index (χ0v) is 26.3. The number of nitrogens with one attached hydrogen (secondary N) is 1. The van der Waals surface area contributed by atoms with Crippen molar-refractivity contribution in [3.8, 4) is 17.2 Å². The summed E-state index contributed by atoms with van der Waals surface area (Å²) in [6, 6.07) is 12.8. The van der Waals surface area contributed by atoms with Gasteiger partial charge in [0.05, 0.1) is 20.0 Å². The predicted octanol–water partition coefficient (Wildman–Crippen LogP) is 6.96. The molecule has 0 spiro atoms. The van der Waals surface area contributed by atoms with E-state index in [1.54, 1.807) is 26.4 Å². The van der Waals surface area contributed by atoms with E-state index < -0.39 is 15.4 Å². The van der Waals surface area contributed by atoms with Gasteiger partial charge in [-0.3, -0.25) is 4.79 Å². The molecule has 222 valence electrons. The highest BCUT2D eigenvalue weighted by molar-refractivity contribution is 8.14. The number of methoxy groups -OCH3 is 2. The van der Waals surface area contributed by atoms with Gasteiger partial charge >= 0.3 is 0 Å². The van der Waals surface area contributed by atoms with Crippen molar-refractivity contribution in [1.29, 1.82) is 0 Å². The number of carbonyl (C=O) groups excluding carboxylic acids is 1. The van der Waals surface area contributed by atoms with Crippen LogP contribution < -0.4 is 18.9 Å². The molecule has 0 amide bonds. The van der Waals surface area contributed by atoms with E-state index in [2.05, 4.69) is 32.4 Å². The Morgan fingerprint density at radius 3 is 2.20 bits per heavy atom. The van der Waals surface area contributed by atoms with Crippen molar-refractivity contribution in [2.75, 3.05) is 26.6 Å². The fourth-order valence-corrected chi connectivity index (χ4v) is 6.36. The summed E-state index contributed by atoms with van der Waals surface area (Å²) in [5, 5.41) is -1.08. The molecule has 0 bridgehead atoms. The summed E-state index contributed by atoms with van der Waals surface area (Å²) >= 11 is 0.899. The standard InChI is InChI=1S/C31H45NO6S2/c1-7-8-9-10-11-12-21-40(34,35)32-29(39-30(33)20-15-24-13-16-25(36-5)17-14-24)23-38-28-19-18-26(37-6)22-27(28)31(2,3)4/h13-20,22,29,32H,7-12,21,23H2,1-6H3/b20-15+. The average molecular weight is 592 g/mol. The third-order valence-corrected chi connectivity index (χ3v) is 8.77. The van der Waals surface area contributed by atoms with Crippen LogP contribution in [0.1, 0.15) is 77.3 Å². The van der Waals surface area contributed by atoms with E-state index >= 15 is 0 Å². The van der Waals surface area contributed by atoms with Gasteiger partial charge in [0, 0.05) is 5.56 Å². The van der Waals surface area contributed by atoms with E-state index in [1.165, 1.54) is 6.08 Å². The van der Waals surface area contributed by atoms with Gasteiger partial charge in [-0.2, -0.15) is 4.72 Å². The summed E-state index contributed by atoms with van der Waals surface area (Å²) < 4.78 is 45.3. The lowest BCUT2D eigenvalue weighted by Gasteiger charge is -2.25. The Morgan fingerprint density at radius 2 is 1.57 bits per heavy atom. The van der Waals surface area contributed by atoms with Crippen molar-refractivity contribution < 1.29 is 27.4 Å². The molecule has 1 N–H and O–H groups in total. The lowest BCUT2D eigenvalue weighted by atomic mass is 9.86. The van der Waals surface area contributed by atoms with Gasteiger partial charge in [0.15, 0.2) is 0 Å². The molecule has 1 atom stereocenters. The minimum Gasteiger partial charge on any atom is -0.497 e. The van der Waals surface area contributed by atoms with E-state index in [1.807, 2.05) is 36.4 Å². The molecule has 0 fully saturated rings. The van der Waals surface area contributed by atoms with Crippen molar-refractivity contribution >= 4 is 33.0 Å². The molecule has 9 heteroatoms. The monoisotopic (exact) mass is 591 g/mol. The Morgan fingerprint density at radius 1 is 0.950 bits per heavy atom. The normalized spacial score (nSPS) is 12.8. The van der Waals surface area contributed by atoms with Crippen molar-refractivity contribution in [3.63, 3.8) is 0 Å². The number of hydrogen-bond acceptors (Lipinski definition) is 7. The zero-order valence-electron chi connectivity index (χ0n) is 24.7. The maximum absolute atomic E-state index is 12.9. The third kappa shape index (κ3) is 12.4. The summed E-state index contributed by atoms with van der Waals surface area (Å²) in [5.74, 6) is 2.07. The van der Waals surface area contributed by atoms with Gasteiger partial charge in [-0.25, -0.2) is 8.42 Å². The number of sulfonamides is 1. The summed E-state index contributed by atoms with van der Waals surface area (Å²) in [4.78, 5) is 12.9. The molecular weight excluding hydrogens is 546 g/mol. The Balaban J connectivity index is 2.14. The van der Waals surface area contributed by atoms with Crippen LogP contribution >= 0.6 is 11.8 Å². The first-order valence-electron chi connectivity index (χ1n) is 13.8. The first-order valence-corrected chi connectivity index (χ1v) is 16.3. The zero-order chi connectivity index (χ0) is 29.6. The van der Waals surface area contributed by atoms with Crippen LogP contribution in [0.4, 0.5) is 0 Å². The van der Waals surface area contributed by atoms with Gasteiger partial charge in [0.25, 0.3) is 0 Å². The fraction of sp³-hybridized carbons (Fsp3) is 0.516. The van der Waals surface area contributed by atoms with Crippen molar-refractivity contribution in [2.45, 2.75) is 77.0 Å². The fourth-order valence-electron chi connectivity index (χ4n) is 4.00. The van der Waals surface area contributed by atoms with Crippen LogP contribution in [0.3, 0.4) is 0 Å². The van der Waals surface area contributed by atoms with Crippen molar-refractivity contribution in [1.82, 2.24) is 4.72 Å². The van der Waals surface area contributed by atoms with Crippen LogP contribution in [0.5, 0.6) is 17.2 Å². The lowest BCUT2D eigenvalue weighted by Crippen LogP contribution is -2.39. The van der Waals surface area contributed by atoms with Crippen LogP contribution in [0, 0.1) is 0 Å². The smallest absolute Gasteiger partial charge is 0.213 e. The largest absolute Gasteiger partial charge is 0.497 e. The van der Waals surface area contributed by atoms with Crippen LogP contribution in [0.2, 0.25) is 0 Å². The molecule has 0 aliphatic carbocycles. The number of thioether (sulfide) groups is 1. The Kier molecular flexibility index (Phi) is 14.1. The number of unbranched alkanes of at least 4 members (excludes halogenated alkanes) is 5. The lowest BCUT2D eigenvalue weighted by molar-refractivity contribution is -0.107. The summed E-state index contributed by atoms with van der Waals surface area (Å²) in [6.45, 7) is 8.34. The van der Waals surface area contributed by atoms with Crippen LogP contribution in [-0.4, -0.2) is 45.5 Å². The average Bonchev–Trinajstić information content (AvgIpc) is 2.92.